The van der Waals surface area contributed by atoms with Crippen LogP contribution in [0.15, 0.2) is 54.7 Å². The topological polar surface area (TPSA) is 68.3 Å². The van der Waals surface area contributed by atoms with Crippen LogP contribution in [0.5, 0.6) is 11.5 Å². The molecule has 0 aliphatic carbocycles. The third-order valence-corrected chi connectivity index (χ3v) is 4.25. The highest BCUT2D eigenvalue weighted by Gasteiger charge is 2.15. The largest absolute Gasteiger partial charge is 0.497 e. The van der Waals surface area contributed by atoms with Gasteiger partial charge in [-0.05, 0) is 42.5 Å². The van der Waals surface area contributed by atoms with E-state index in [-0.39, 0.29) is 5.91 Å². The Kier molecular flexibility index (Phi) is 5.38. The van der Waals surface area contributed by atoms with Gasteiger partial charge in [-0.2, -0.15) is 0 Å². The zero-order valence-electron chi connectivity index (χ0n) is 14.5. The van der Waals surface area contributed by atoms with Gasteiger partial charge >= 0.3 is 0 Å². The number of hydrogen-bond donors (Lipinski definition) is 2. The van der Waals surface area contributed by atoms with Gasteiger partial charge in [0.25, 0.3) is 5.91 Å². The molecule has 1 amide bonds. The van der Waals surface area contributed by atoms with Gasteiger partial charge in [0, 0.05) is 24.0 Å². The van der Waals surface area contributed by atoms with Crippen LogP contribution in [-0.4, -0.2) is 29.7 Å². The monoisotopic (exact) mass is 369 g/mol. The number of methoxy groups -OCH3 is 2. The quantitative estimate of drug-likeness (QED) is 0.653. The molecule has 0 unspecified atom stereocenters. The predicted octanol–water partition coefficient (Wildman–Crippen LogP) is 3.48. The van der Waals surface area contributed by atoms with Gasteiger partial charge < -0.3 is 19.8 Å². The third-order valence-electron chi connectivity index (χ3n) is 3.95. The number of aromatic amines is 1. The van der Waals surface area contributed by atoms with Crippen molar-refractivity contribution in [2.45, 2.75) is 6.54 Å². The first-order valence-corrected chi connectivity index (χ1v) is 8.40. The van der Waals surface area contributed by atoms with Gasteiger partial charge in [-0.25, -0.2) is 0 Å². The van der Waals surface area contributed by atoms with Crippen LogP contribution >= 0.6 is 12.2 Å². The summed E-state index contributed by atoms with van der Waals surface area (Å²) in [6.45, 7) is 0.298. The number of carbonyl (C=O) groups is 1. The van der Waals surface area contributed by atoms with Crippen molar-refractivity contribution in [3.05, 3.63) is 70.8 Å². The average molecular weight is 369 g/mol. The number of aromatic nitrogens is 2. The molecule has 0 spiro atoms. The molecule has 0 saturated heterocycles. The zero-order chi connectivity index (χ0) is 18.5. The fourth-order valence-corrected chi connectivity index (χ4v) is 2.92. The van der Waals surface area contributed by atoms with E-state index in [2.05, 4.69) is 10.3 Å². The van der Waals surface area contributed by atoms with E-state index >= 15 is 0 Å². The fraction of sp³-hybridized carbons (Fsp3) is 0.158. The van der Waals surface area contributed by atoms with Crippen molar-refractivity contribution in [3.8, 4) is 17.2 Å². The molecule has 2 N–H and O–H groups in total. The highest BCUT2D eigenvalue weighted by molar-refractivity contribution is 7.71. The molecule has 0 saturated carbocycles. The Morgan fingerprint density at radius 2 is 1.92 bits per heavy atom. The molecule has 0 atom stereocenters. The van der Waals surface area contributed by atoms with Gasteiger partial charge in [0.05, 0.1) is 14.2 Å². The normalized spacial score (nSPS) is 10.4. The molecular weight excluding hydrogens is 350 g/mol. The molecule has 1 aromatic heterocycles. The lowest BCUT2D eigenvalue weighted by atomic mass is 10.2. The first-order chi connectivity index (χ1) is 12.6. The van der Waals surface area contributed by atoms with Crippen LogP contribution in [0.1, 0.15) is 16.1 Å². The number of H-pyrrole nitrogens is 1. The third kappa shape index (κ3) is 3.62. The van der Waals surface area contributed by atoms with Crippen molar-refractivity contribution in [1.29, 1.82) is 0 Å². The number of rotatable bonds is 6. The van der Waals surface area contributed by atoms with Crippen molar-refractivity contribution < 1.29 is 14.3 Å². The minimum absolute atomic E-state index is 0.244. The molecule has 0 radical (unpaired) electrons. The molecule has 134 valence electrons. The minimum atomic E-state index is -0.244. The van der Waals surface area contributed by atoms with Gasteiger partial charge in [-0.1, -0.05) is 18.2 Å². The molecule has 0 aliphatic heterocycles. The van der Waals surface area contributed by atoms with Crippen molar-refractivity contribution in [1.82, 2.24) is 14.9 Å². The first kappa shape index (κ1) is 17.8. The molecule has 1 heterocycles. The predicted molar refractivity (Wildman–Crippen MR) is 102 cm³/mol. The van der Waals surface area contributed by atoms with E-state index in [1.165, 1.54) is 0 Å². The van der Waals surface area contributed by atoms with Crippen LogP contribution in [0.3, 0.4) is 0 Å². The summed E-state index contributed by atoms with van der Waals surface area (Å²) in [5, 5.41) is 2.90. The molecule has 7 heteroatoms. The number of carbonyl (C=O) groups excluding carboxylic acids is 1. The van der Waals surface area contributed by atoms with Crippen molar-refractivity contribution in [2.24, 2.45) is 0 Å². The van der Waals surface area contributed by atoms with Crippen LogP contribution in [0.4, 0.5) is 0 Å². The Morgan fingerprint density at radius 3 is 2.62 bits per heavy atom. The molecular formula is C19H19N3O3S. The molecule has 0 bridgehead atoms. The summed E-state index contributed by atoms with van der Waals surface area (Å²) in [4.78, 5) is 15.6. The Bertz CT molecular complexity index is 964. The van der Waals surface area contributed by atoms with E-state index in [1.54, 1.807) is 25.0 Å². The average Bonchev–Trinajstić information content (AvgIpc) is 3.08. The summed E-state index contributed by atoms with van der Waals surface area (Å²) in [5.74, 6) is 1.13. The number of para-hydroxylation sites is 1. The van der Waals surface area contributed by atoms with Crippen molar-refractivity contribution >= 4 is 18.1 Å². The number of nitrogens with zero attached hydrogens (tertiary/aromatic N) is 1. The molecule has 0 fully saturated rings. The van der Waals surface area contributed by atoms with E-state index in [0.29, 0.717) is 28.5 Å². The smallest absolute Gasteiger partial charge is 0.270 e. The lowest BCUT2D eigenvalue weighted by Crippen LogP contribution is -2.25. The van der Waals surface area contributed by atoms with Crippen molar-refractivity contribution in [3.63, 3.8) is 0 Å². The van der Waals surface area contributed by atoms with Gasteiger partial charge in [0.15, 0.2) is 4.77 Å². The number of benzene rings is 2. The zero-order valence-corrected chi connectivity index (χ0v) is 15.3. The lowest BCUT2D eigenvalue weighted by molar-refractivity contribution is 0.0943. The molecule has 2 aromatic carbocycles. The van der Waals surface area contributed by atoms with Crippen molar-refractivity contribution in [2.75, 3.05) is 14.2 Å². The fourth-order valence-electron chi connectivity index (χ4n) is 2.66. The van der Waals surface area contributed by atoms with Crippen LogP contribution < -0.4 is 14.8 Å². The van der Waals surface area contributed by atoms with Gasteiger partial charge in [-0.15, -0.1) is 0 Å². The number of ether oxygens (including phenoxy) is 2. The Morgan fingerprint density at radius 1 is 1.15 bits per heavy atom. The minimum Gasteiger partial charge on any atom is -0.497 e. The van der Waals surface area contributed by atoms with E-state index < -0.39 is 0 Å². The summed E-state index contributed by atoms with van der Waals surface area (Å²) >= 11 is 5.31. The van der Waals surface area contributed by atoms with E-state index in [9.17, 15) is 4.79 Å². The molecule has 3 aromatic rings. The maximum Gasteiger partial charge on any atom is 0.270 e. The van der Waals surface area contributed by atoms with Gasteiger partial charge in [0.2, 0.25) is 0 Å². The van der Waals surface area contributed by atoms with E-state index in [4.69, 9.17) is 21.7 Å². The van der Waals surface area contributed by atoms with Gasteiger partial charge in [0.1, 0.15) is 17.2 Å². The van der Waals surface area contributed by atoms with Crippen LogP contribution in [-0.2, 0) is 6.54 Å². The number of imidazole rings is 1. The van der Waals surface area contributed by atoms with E-state index in [0.717, 1.165) is 11.3 Å². The summed E-state index contributed by atoms with van der Waals surface area (Å²) in [6, 6.07) is 14.9. The highest BCUT2D eigenvalue weighted by Crippen LogP contribution is 2.24. The highest BCUT2D eigenvalue weighted by atomic mass is 32.1. The second-order valence-electron chi connectivity index (χ2n) is 5.51. The molecule has 26 heavy (non-hydrogen) atoms. The molecule has 6 nitrogen and oxygen atoms in total. The number of hydrogen-bond acceptors (Lipinski definition) is 4. The molecule has 3 rings (SSSR count). The number of nitrogens with one attached hydrogen (secondary N) is 2. The Balaban J connectivity index is 1.83. The standard InChI is InChI=1S/C19H19N3O3S/c1-24-15-8-9-17(25-2)13(10-15)11-20-18(23)16-12-21-19(26)22(16)14-6-4-3-5-7-14/h3-10,12H,11H2,1-2H3,(H,20,23)(H,21,26). The van der Waals surface area contributed by atoms with Crippen LogP contribution in [0.2, 0.25) is 0 Å². The lowest BCUT2D eigenvalue weighted by Gasteiger charge is -2.12. The number of amides is 1. The Labute approximate surface area is 156 Å². The van der Waals surface area contributed by atoms with Crippen LogP contribution in [0, 0.1) is 4.77 Å². The van der Waals surface area contributed by atoms with E-state index in [1.807, 2.05) is 48.5 Å². The second-order valence-corrected chi connectivity index (χ2v) is 5.90. The summed E-state index contributed by atoms with van der Waals surface area (Å²) in [5.41, 5.74) is 2.08. The second kappa shape index (κ2) is 7.88. The van der Waals surface area contributed by atoms with Crippen LogP contribution in [0.25, 0.3) is 5.69 Å². The first-order valence-electron chi connectivity index (χ1n) is 7.99. The Hall–Kier alpha value is -3.06. The maximum absolute atomic E-state index is 12.7. The summed E-state index contributed by atoms with van der Waals surface area (Å²) in [7, 11) is 3.18. The molecule has 0 aliphatic rings. The SMILES string of the molecule is COc1ccc(OC)c(CNC(=O)c2c[nH]c(=S)n2-c2ccccc2)c1. The van der Waals surface area contributed by atoms with Gasteiger partial charge in [-0.3, -0.25) is 9.36 Å². The summed E-state index contributed by atoms with van der Waals surface area (Å²) in [6.07, 6.45) is 1.60. The maximum atomic E-state index is 12.7. The summed E-state index contributed by atoms with van der Waals surface area (Å²) < 4.78 is 12.7.